The largest absolute Gasteiger partial charge is 0.497 e. The molecule has 0 spiro atoms. The quantitative estimate of drug-likeness (QED) is 0.647. The number of hydrogen-bond acceptors (Lipinski definition) is 5. The van der Waals surface area contributed by atoms with Gasteiger partial charge in [0.1, 0.15) is 5.75 Å². The van der Waals surface area contributed by atoms with E-state index in [2.05, 4.69) is 20.9 Å². The number of hydrazine groups is 1. The zero-order valence-electron chi connectivity index (χ0n) is 17.2. The fourth-order valence-electron chi connectivity index (χ4n) is 2.89. The first kappa shape index (κ1) is 20.3. The Kier molecular flexibility index (Phi) is 5.81. The van der Waals surface area contributed by atoms with E-state index in [0.29, 0.717) is 27.9 Å². The first-order valence-electron chi connectivity index (χ1n) is 9.44. The summed E-state index contributed by atoms with van der Waals surface area (Å²) in [5.41, 5.74) is 7.19. The van der Waals surface area contributed by atoms with E-state index < -0.39 is 11.8 Å². The van der Waals surface area contributed by atoms with Gasteiger partial charge in [0.25, 0.3) is 11.8 Å². The van der Waals surface area contributed by atoms with Crippen molar-refractivity contribution < 1.29 is 14.3 Å². The Morgan fingerprint density at radius 1 is 1.03 bits per heavy atom. The van der Waals surface area contributed by atoms with Crippen molar-refractivity contribution in [2.24, 2.45) is 0 Å². The Hall–Kier alpha value is -3.42. The van der Waals surface area contributed by atoms with Crippen LogP contribution in [-0.4, -0.2) is 33.7 Å². The predicted octanol–water partition coefficient (Wildman–Crippen LogP) is 3.22. The minimum atomic E-state index is -0.426. The van der Waals surface area contributed by atoms with Gasteiger partial charge < -0.3 is 4.74 Å². The van der Waals surface area contributed by atoms with Crippen molar-refractivity contribution >= 4 is 22.8 Å². The van der Waals surface area contributed by atoms with Gasteiger partial charge in [0, 0.05) is 17.3 Å². The van der Waals surface area contributed by atoms with E-state index in [4.69, 9.17) is 4.74 Å². The van der Waals surface area contributed by atoms with Crippen LogP contribution in [0.15, 0.2) is 36.5 Å². The van der Waals surface area contributed by atoms with Gasteiger partial charge in [0.05, 0.1) is 24.3 Å². The second kappa shape index (κ2) is 8.30. The summed E-state index contributed by atoms with van der Waals surface area (Å²) >= 11 is 0. The number of benzene rings is 1. The molecule has 0 fully saturated rings. The molecule has 3 aromatic rings. The van der Waals surface area contributed by atoms with Crippen molar-refractivity contribution in [1.82, 2.24) is 25.6 Å². The Bertz CT molecular complexity index is 1040. The molecule has 152 valence electrons. The van der Waals surface area contributed by atoms with Gasteiger partial charge in [0.2, 0.25) is 0 Å². The smallest absolute Gasteiger partial charge is 0.270 e. The first-order chi connectivity index (χ1) is 13.8. The van der Waals surface area contributed by atoms with E-state index >= 15 is 0 Å². The van der Waals surface area contributed by atoms with Crippen LogP contribution in [-0.2, 0) is 0 Å². The number of hydrogen-bond donors (Lipinski definition) is 2. The molecule has 3 rings (SSSR count). The lowest BCUT2D eigenvalue weighted by Crippen LogP contribution is -2.41. The van der Waals surface area contributed by atoms with Gasteiger partial charge in [-0.3, -0.25) is 20.4 Å². The van der Waals surface area contributed by atoms with Gasteiger partial charge in [0.15, 0.2) is 5.65 Å². The summed E-state index contributed by atoms with van der Waals surface area (Å²) in [7, 11) is 1.55. The van der Waals surface area contributed by atoms with E-state index in [1.807, 2.05) is 27.7 Å². The SMILES string of the molecule is COc1ccc(C(=O)NNC(=O)c2cc(C(C)C)nc3c2cnn3C(C)C)cc1. The molecule has 0 saturated heterocycles. The zero-order valence-corrected chi connectivity index (χ0v) is 17.2. The van der Waals surface area contributed by atoms with Gasteiger partial charge in [-0.05, 0) is 50.1 Å². The number of nitrogens with one attached hydrogen (secondary N) is 2. The average molecular weight is 395 g/mol. The van der Waals surface area contributed by atoms with Gasteiger partial charge in [-0.2, -0.15) is 5.10 Å². The Labute approximate surface area is 169 Å². The van der Waals surface area contributed by atoms with Crippen LogP contribution >= 0.6 is 0 Å². The number of carbonyl (C=O) groups is 2. The molecular formula is C21H25N5O3. The summed E-state index contributed by atoms with van der Waals surface area (Å²) in [5.74, 6) is -0.0683. The lowest BCUT2D eigenvalue weighted by molar-refractivity contribution is 0.0847. The molecule has 2 aromatic heterocycles. The lowest BCUT2D eigenvalue weighted by atomic mass is 10.1. The molecule has 0 aliphatic rings. The summed E-state index contributed by atoms with van der Waals surface area (Å²) in [6, 6.07) is 8.45. The number of rotatable bonds is 5. The number of nitrogens with zero attached hydrogens (tertiary/aromatic N) is 3. The number of fused-ring (bicyclic) bond motifs is 1. The maximum Gasteiger partial charge on any atom is 0.270 e. The predicted molar refractivity (Wildman–Crippen MR) is 110 cm³/mol. The van der Waals surface area contributed by atoms with Crippen molar-refractivity contribution in [1.29, 1.82) is 0 Å². The first-order valence-corrected chi connectivity index (χ1v) is 9.44. The maximum atomic E-state index is 12.8. The molecule has 2 amide bonds. The Morgan fingerprint density at radius 3 is 2.28 bits per heavy atom. The molecule has 0 radical (unpaired) electrons. The van der Waals surface area contributed by atoms with E-state index in [1.165, 1.54) is 0 Å². The van der Waals surface area contributed by atoms with Crippen LogP contribution in [0.2, 0.25) is 0 Å². The molecular weight excluding hydrogens is 370 g/mol. The Morgan fingerprint density at radius 2 is 1.69 bits per heavy atom. The number of ether oxygens (including phenoxy) is 1. The van der Waals surface area contributed by atoms with Crippen LogP contribution in [0.5, 0.6) is 5.75 Å². The fourth-order valence-corrected chi connectivity index (χ4v) is 2.89. The van der Waals surface area contributed by atoms with Crippen LogP contribution < -0.4 is 15.6 Å². The molecule has 0 aliphatic heterocycles. The second-order valence-corrected chi connectivity index (χ2v) is 7.31. The van der Waals surface area contributed by atoms with Gasteiger partial charge in [-0.25, -0.2) is 9.67 Å². The number of aromatic nitrogens is 3. The molecule has 8 nitrogen and oxygen atoms in total. The highest BCUT2D eigenvalue weighted by Crippen LogP contribution is 2.24. The van der Waals surface area contributed by atoms with Gasteiger partial charge in [-0.15, -0.1) is 0 Å². The minimum Gasteiger partial charge on any atom is -0.497 e. The fraction of sp³-hybridized carbons (Fsp3) is 0.333. The summed E-state index contributed by atoms with van der Waals surface area (Å²) in [4.78, 5) is 29.8. The highest BCUT2D eigenvalue weighted by molar-refractivity contribution is 6.06. The van der Waals surface area contributed by atoms with Crippen molar-refractivity contribution in [2.45, 2.75) is 39.7 Å². The van der Waals surface area contributed by atoms with Crippen LogP contribution in [0.1, 0.15) is 66.1 Å². The van der Waals surface area contributed by atoms with Crippen LogP contribution in [0, 0.1) is 0 Å². The molecule has 0 saturated carbocycles. The molecule has 8 heteroatoms. The molecule has 2 N–H and O–H groups in total. The summed E-state index contributed by atoms with van der Waals surface area (Å²) in [6.07, 6.45) is 1.63. The minimum absolute atomic E-state index is 0.105. The number of amides is 2. The molecule has 0 atom stereocenters. The van der Waals surface area contributed by atoms with E-state index in [1.54, 1.807) is 48.3 Å². The molecule has 0 bridgehead atoms. The number of carbonyl (C=O) groups excluding carboxylic acids is 2. The monoisotopic (exact) mass is 395 g/mol. The maximum absolute atomic E-state index is 12.8. The molecule has 2 heterocycles. The normalized spacial score (nSPS) is 11.1. The third-order valence-corrected chi connectivity index (χ3v) is 4.55. The third-order valence-electron chi connectivity index (χ3n) is 4.55. The van der Waals surface area contributed by atoms with Crippen LogP contribution in [0.3, 0.4) is 0 Å². The highest BCUT2D eigenvalue weighted by atomic mass is 16.5. The van der Waals surface area contributed by atoms with Crippen molar-refractivity contribution in [3.63, 3.8) is 0 Å². The standard InChI is InChI=1S/C21H25N5O3/c1-12(2)18-10-16(17-11-22-26(13(3)4)19(17)23-18)21(28)25-24-20(27)14-6-8-15(29-5)9-7-14/h6-13H,1-5H3,(H,24,27)(H,25,28). The second-order valence-electron chi connectivity index (χ2n) is 7.31. The van der Waals surface area contributed by atoms with Gasteiger partial charge >= 0.3 is 0 Å². The molecule has 1 aromatic carbocycles. The van der Waals surface area contributed by atoms with E-state index in [9.17, 15) is 9.59 Å². The molecule has 0 unspecified atom stereocenters. The summed E-state index contributed by atoms with van der Waals surface area (Å²) < 4.78 is 6.87. The molecule has 29 heavy (non-hydrogen) atoms. The van der Waals surface area contributed by atoms with Crippen molar-refractivity contribution in [3.8, 4) is 5.75 Å². The number of methoxy groups -OCH3 is 1. The number of pyridine rings is 1. The topological polar surface area (TPSA) is 98.1 Å². The third kappa shape index (κ3) is 4.21. The molecule has 0 aliphatic carbocycles. The zero-order chi connectivity index (χ0) is 21.1. The lowest BCUT2D eigenvalue weighted by Gasteiger charge is -2.13. The van der Waals surface area contributed by atoms with E-state index in [0.717, 1.165) is 5.69 Å². The van der Waals surface area contributed by atoms with E-state index in [-0.39, 0.29) is 12.0 Å². The van der Waals surface area contributed by atoms with Crippen molar-refractivity contribution in [3.05, 3.63) is 53.3 Å². The van der Waals surface area contributed by atoms with Crippen molar-refractivity contribution in [2.75, 3.05) is 7.11 Å². The van der Waals surface area contributed by atoms with Crippen LogP contribution in [0.4, 0.5) is 0 Å². The average Bonchev–Trinajstić information content (AvgIpc) is 3.15. The highest BCUT2D eigenvalue weighted by Gasteiger charge is 2.19. The van der Waals surface area contributed by atoms with Gasteiger partial charge in [-0.1, -0.05) is 13.8 Å². The Balaban J connectivity index is 1.85. The summed E-state index contributed by atoms with van der Waals surface area (Å²) in [6.45, 7) is 8.03. The van der Waals surface area contributed by atoms with Crippen LogP contribution in [0.25, 0.3) is 11.0 Å². The summed E-state index contributed by atoms with van der Waals surface area (Å²) in [5, 5.41) is 5.01.